The van der Waals surface area contributed by atoms with Gasteiger partial charge in [0, 0.05) is 10.5 Å². The van der Waals surface area contributed by atoms with Gasteiger partial charge in [-0.25, -0.2) is 8.42 Å². The first-order chi connectivity index (χ1) is 12.8. The van der Waals surface area contributed by atoms with Gasteiger partial charge in [0.05, 0.1) is 28.8 Å². The van der Waals surface area contributed by atoms with Crippen molar-refractivity contribution >= 4 is 43.0 Å². The fourth-order valence-corrected chi connectivity index (χ4v) is 4.32. The third-order valence-corrected chi connectivity index (χ3v) is 5.95. The van der Waals surface area contributed by atoms with Crippen molar-refractivity contribution in [3.8, 4) is 6.07 Å². The van der Waals surface area contributed by atoms with Gasteiger partial charge in [-0.15, -0.1) is 0 Å². The van der Waals surface area contributed by atoms with Crippen LogP contribution < -0.4 is 10.6 Å². The third-order valence-electron chi connectivity index (χ3n) is 3.99. The Hall–Kier alpha value is -2.37. The number of carbonyl (C=O) groups excluding carboxylic acids is 1. The van der Waals surface area contributed by atoms with Crippen LogP contribution in [-0.4, -0.2) is 26.1 Å². The third kappa shape index (κ3) is 5.81. The molecule has 0 aliphatic heterocycles. The Kier molecular flexibility index (Phi) is 5.82. The minimum absolute atomic E-state index is 0.217. The number of anilines is 2. The van der Waals surface area contributed by atoms with Gasteiger partial charge in [-0.1, -0.05) is 28.1 Å². The highest BCUT2D eigenvalue weighted by Gasteiger charge is 2.23. The van der Waals surface area contributed by atoms with Gasteiger partial charge in [0.15, 0.2) is 9.84 Å². The zero-order valence-electron chi connectivity index (χ0n) is 14.4. The van der Waals surface area contributed by atoms with E-state index >= 15 is 0 Å². The number of nitrogens with zero attached hydrogens (tertiary/aromatic N) is 1. The molecule has 1 aliphatic carbocycles. The van der Waals surface area contributed by atoms with E-state index in [1.165, 1.54) is 0 Å². The van der Waals surface area contributed by atoms with E-state index in [1.54, 1.807) is 42.5 Å². The van der Waals surface area contributed by atoms with Gasteiger partial charge < -0.3 is 10.6 Å². The first-order valence-corrected chi connectivity index (χ1v) is 11.0. The van der Waals surface area contributed by atoms with Crippen LogP contribution in [0, 0.1) is 11.3 Å². The molecule has 1 saturated carbocycles. The van der Waals surface area contributed by atoms with E-state index in [9.17, 15) is 13.2 Å². The molecule has 0 saturated heterocycles. The molecule has 1 fully saturated rings. The Bertz CT molecular complexity index is 1010. The van der Waals surface area contributed by atoms with Crippen molar-refractivity contribution in [3.05, 3.63) is 58.1 Å². The maximum Gasteiger partial charge on any atom is 0.239 e. The summed E-state index contributed by atoms with van der Waals surface area (Å²) >= 11 is 3.30. The van der Waals surface area contributed by atoms with Crippen molar-refractivity contribution < 1.29 is 13.2 Å². The van der Waals surface area contributed by atoms with Gasteiger partial charge in [-0.2, -0.15) is 5.26 Å². The highest BCUT2D eigenvalue weighted by molar-refractivity contribution is 9.10. The summed E-state index contributed by atoms with van der Waals surface area (Å²) in [5.74, 6) is -1.47. The summed E-state index contributed by atoms with van der Waals surface area (Å²) in [5, 5.41) is 15.0. The standard InChI is InChI=1S/C19H18BrN3O3S/c20-15-3-1-2-14(8-15)11-27(25,26)12-19(24)23-18-9-13(10-21)4-7-17(18)22-16-5-6-16/h1-4,7-9,16,22H,5-6,11-12H2,(H,23,24). The number of carbonyl (C=O) groups is 1. The highest BCUT2D eigenvalue weighted by Crippen LogP contribution is 2.30. The van der Waals surface area contributed by atoms with Gasteiger partial charge in [-0.3, -0.25) is 4.79 Å². The van der Waals surface area contributed by atoms with Crippen molar-refractivity contribution in [1.82, 2.24) is 0 Å². The quantitative estimate of drug-likeness (QED) is 0.676. The van der Waals surface area contributed by atoms with E-state index in [0.29, 0.717) is 28.5 Å². The molecule has 0 unspecified atom stereocenters. The minimum atomic E-state index is -3.63. The molecule has 0 aromatic heterocycles. The van der Waals surface area contributed by atoms with E-state index in [1.807, 2.05) is 6.07 Å². The normalized spacial score (nSPS) is 13.6. The van der Waals surface area contributed by atoms with Gasteiger partial charge in [0.1, 0.15) is 5.75 Å². The average Bonchev–Trinajstić information content (AvgIpc) is 3.39. The largest absolute Gasteiger partial charge is 0.381 e. The fourth-order valence-electron chi connectivity index (χ4n) is 2.61. The second kappa shape index (κ2) is 8.11. The topological polar surface area (TPSA) is 99.1 Å². The molecule has 2 N–H and O–H groups in total. The first kappa shape index (κ1) is 19.4. The maximum absolute atomic E-state index is 12.4. The minimum Gasteiger partial charge on any atom is -0.381 e. The zero-order chi connectivity index (χ0) is 19.4. The van der Waals surface area contributed by atoms with Crippen molar-refractivity contribution in [2.75, 3.05) is 16.4 Å². The summed E-state index contributed by atoms with van der Waals surface area (Å²) in [6, 6.07) is 14.3. The zero-order valence-corrected chi connectivity index (χ0v) is 16.8. The van der Waals surface area contributed by atoms with Gasteiger partial charge in [-0.05, 0) is 48.7 Å². The monoisotopic (exact) mass is 447 g/mol. The molecule has 0 radical (unpaired) electrons. The van der Waals surface area contributed by atoms with Crippen LogP contribution in [0.3, 0.4) is 0 Å². The van der Waals surface area contributed by atoms with Crippen LogP contribution in [0.1, 0.15) is 24.0 Å². The summed E-state index contributed by atoms with van der Waals surface area (Å²) in [6.07, 6.45) is 2.10. The molecule has 1 amide bonds. The van der Waals surface area contributed by atoms with Crippen molar-refractivity contribution in [1.29, 1.82) is 5.26 Å². The molecule has 8 heteroatoms. The van der Waals surface area contributed by atoms with Crippen molar-refractivity contribution in [2.45, 2.75) is 24.6 Å². The number of rotatable bonds is 7. The molecule has 140 valence electrons. The van der Waals surface area contributed by atoms with Crippen LogP contribution >= 0.6 is 15.9 Å². The summed E-state index contributed by atoms with van der Waals surface area (Å²) in [7, 11) is -3.63. The Morgan fingerprint density at radius 1 is 1.19 bits per heavy atom. The lowest BCUT2D eigenvalue weighted by Gasteiger charge is -2.13. The predicted octanol–water partition coefficient (Wildman–Crippen LogP) is 3.45. The number of sulfone groups is 1. The Labute approximate surface area is 166 Å². The summed E-state index contributed by atoms with van der Waals surface area (Å²) in [6.45, 7) is 0. The van der Waals surface area contributed by atoms with Crippen LogP contribution in [0.5, 0.6) is 0 Å². The fraction of sp³-hybridized carbons (Fsp3) is 0.263. The van der Waals surface area contributed by atoms with Crippen LogP contribution in [0.2, 0.25) is 0 Å². The molecule has 0 atom stereocenters. The van der Waals surface area contributed by atoms with Gasteiger partial charge >= 0.3 is 0 Å². The first-order valence-electron chi connectivity index (χ1n) is 8.40. The molecule has 2 aromatic carbocycles. The molecular formula is C19H18BrN3O3S. The molecular weight excluding hydrogens is 430 g/mol. The number of benzene rings is 2. The lowest BCUT2D eigenvalue weighted by atomic mass is 10.2. The molecule has 27 heavy (non-hydrogen) atoms. The lowest BCUT2D eigenvalue weighted by molar-refractivity contribution is -0.113. The number of halogens is 1. The number of amides is 1. The number of hydrogen-bond donors (Lipinski definition) is 2. The highest BCUT2D eigenvalue weighted by atomic mass is 79.9. The number of nitriles is 1. The summed E-state index contributed by atoms with van der Waals surface area (Å²) in [5.41, 5.74) is 2.11. The number of hydrogen-bond acceptors (Lipinski definition) is 5. The Morgan fingerprint density at radius 2 is 1.96 bits per heavy atom. The van der Waals surface area contributed by atoms with Crippen LogP contribution in [-0.2, 0) is 20.4 Å². The van der Waals surface area contributed by atoms with Crippen molar-refractivity contribution in [2.24, 2.45) is 0 Å². The molecule has 2 aromatic rings. The van der Waals surface area contributed by atoms with E-state index < -0.39 is 21.5 Å². The second-order valence-electron chi connectivity index (χ2n) is 6.50. The molecule has 0 heterocycles. The second-order valence-corrected chi connectivity index (χ2v) is 9.48. The molecule has 0 bridgehead atoms. The van der Waals surface area contributed by atoms with Crippen LogP contribution in [0.25, 0.3) is 0 Å². The number of nitrogens with one attached hydrogen (secondary N) is 2. The van der Waals surface area contributed by atoms with Gasteiger partial charge in [0.25, 0.3) is 0 Å². The van der Waals surface area contributed by atoms with E-state index in [2.05, 4.69) is 26.6 Å². The SMILES string of the molecule is N#Cc1ccc(NC2CC2)c(NC(=O)CS(=O)(=O)Cc2cccc(Br)c2)c1. The molecule has 3 rings (SSSR count). The average molecular weight is 448 g/mol. The summed E-state index contributed by atoms with van der Waals surface area (Å²) < 4.78 is 25.5. The molecule has 1 aliphatic rings. The van der Waals surface area contributed by atoms with E-state index in [-0.39, 0.29) is 5.75 Å². The lowest BCUT2D eigenvalue weighted by Crippen LogP contribution is -2.24. The van der Waals surface area contributed by atoms with Gasteiger partial charge in [0.2, 0.25) is 5.91 Å². The predicted molar refractivity (Wildman–Crippen MR) is 108 cm³/mol. The smallest absolute Gasteiger partial charge is 0.239 e. The summed E-state index contributed by atoms with van der Waals surface area (Å²) in [4.78, 5) is 12.3. The van der Waals surface area contributed by atoms with Crippen molar-refractivity contribution in [3.63, 3.8) is 0 Å². The van der Waals surface area contributed by atoms with E-state index in [0.717, 1.165) is 17.3 Å². The Balaban J connectivity index is 1.70. The molecule has 6 nitrogen and oxygen atoms in total. The van der Waals surface area contributed by atoms with E-state index in [4.69, 9.17) is 5.26 Å². The molecule has 0 spiro atoms. The maximum atomic E-state index is 12.4. The van der Waals surface area contributed by atoms with Crippen LogP contribution in [0.4, 0.5) is 11.4 Å². The Morgan fingerprint density at radius 3 is 2.63 bits per heavy atom. The van der Waals surface area contributed by atoms with Crippen LogP contribution in [0.15, 0.2) is 46.9 Å².